The molecule has 0 amide bonds. The Hall–Kier alpha value is -3.63. The van der Waals surface area contributed by atoms with Crippen molar-refractivity contribution in [2.24, 2.45) is 5.16 Å². The van der Waals surface area contributed by atoms with Crippen molar-refractivity contribution in [1.82, 2.24) is 10.2 Å². The maximum absolute atomic E-state index is 14.0. The van der Waals surface area contributed by atoms with E-state index in [-0.39, 0.29) is 35.3 Å². The van der Waals surface area contributed by atoms with Crippen LogP contribution in [0.2, 0.25) is 0 Å². The van der Waals surface area contributed by atoms with Crippen LogP contribution in [-0.4, -0.2) is 22.5 Å². The summed E-state index contributed by atoms with van der Waals surface area (Å²) in [6.07, 6.45) is -3.50. The third-order valence-corrected chi connectivity index (χ3v) is 4.30. The number of rotatable bonds is 4. The second-order valence-corrected chi connectivity index (χ2v) is 6.54. The summed E-state index contributed by atoms with van der Waals surface area (Å²) in [6.45, 7) is 1.71. The largest absolute Gasteiger partial charge is 0.573 e. The van der Waals surface area contributed by atoms with Crippen LogP contribution in [0.25, 0.3) is 11.5 Å². The minimum Gasteiger partial charge on any atom is -0.440 e. The summed E-state index contributed by atoms with van der Waals surface area (Å²) in [6, 6.07) is 9.24. The van der Waals surface area contributed by atoms with Crippen LogP contribution in [0.1, 0.15) is 18.9 Å². The van der Waals surface area contributed by atoms with E-state index < -0.39 is 17.8 Å². The van der Waals surface area contributed by atoms with Gasteiger partial charge in [-0.25, -0.2) is 4.39 Å². The van der Waals surface area contributed by atoms with Gasteiger partial charge in [0.2, 0.25) is 12.3 Å². The predicted molar refractivity (Wildman–Crippen MR) is 93.9 cm³/mol. The molecule has 1 aliphatic heterocycles. The molecule has 7 nitrogen and oxygen atoms in total. The van der Waals surface area contributed by atoms with Gasteiger partial charge in [0, 0.05) is 0 Å². The van der Waals surface area contributed by atoms with Crippen molar-refractivity contribution in [1.29, 1.82) is 0 Å². The van der Waals surface area contributed by atoms with Crippen molar-refractivity contribution >= 4 is 5.90 Å². The third kappa shape index (κ3) is 4.19. The molecular formula is C19H13F4N3O4. The molecule has 156 valence electrons. The van der Waals surface area contributed by atoms with E-state index >= 15 is 0 Å². The fraction of sp³-hybridized carbons (Fsp3) is 0.211. The van der Waals surface area contributed by atoms with Crippen LogP contribution in [0.3, 0.4) is 0 Å². The second-order valence-electron chi connectivity index (χ2n) is 6.54. The summed E-state index contributed by atoms with van der Waals surface area (Å²) >= 11 is 0. The minimum atomic E-state index is -4.77. The summed E-state index contributed by atoms with van der Waals surface area (Å²) in [5, 5.41) is 11.1. The first-order chi connectivity index (χ1) is 14.2. The van der Waals surface area contributed by atoms with Gasteiger partial charge in [0.15, 0.2) is 5.60 Å². The number of aromatic nitrogens is 2. The molecule has 1 atom stereocenters. The number of hydrogen-bond donors (Lipinski definition) is 0. The van der Waals surface area contributed by atoms with Crippen molar-refractivity contribution in [3.63, 3.8) is 0 Å². The highest BCUT2D eigenvalue weighted by Gasteiger charge is 2.38. The quantitative estimate of drug-likeness (QED) is 0.561. The van der Waals surface area contributed by atoms with E-state index in [1.54, 1.807) is 6.92 Å². The first-order valence-electron chi connectivity index (χ1n) is 8.57. The molecule has 4 rings (SSSR count). The van der Waals surface area contributed by atoms with E-state index in [9.17, 15) is 17.6 Å². The van der Waals surface area contributed by atoms with Gasteiger partial charge < -0.3 is 18.7 Å². The Bertz CT molecular complexity index is 1070. The molecule has 1 aliphatic rings. The van der Waals surface area contributed by atoms with E-state index in [0.29, 0.717) is 5.56 Å². The van der Waals surface area contributed by atoms with Gasteiger partial charge in [0.05, 0.1) is 12.0 Å². The molecule has 0 aliphatic carbocycles. The molecule has 3 aromatic rings. The number of halogens is 4. The molecule has 0 fully saturated rings. The van der Waals surface area contributed by atoms with Gasteiger partial charge >= 0.3 is 6.36 Å². The Labute approximate surface area is 166 Å². The molecule has 0 N–H and O–H groups in total. The normalized spacial score (nSPS) is 18.6. The average molecular weight is 423 g/mol. The highest BCUT2D eigenvalue weighted by molar-refractivity contribution is 5.81. The van der Waals surface area contributed by atoms with Crippen molar-refractivity contribution in [2.75, 3.05) is 0 Å². The van der Waals surface area contributed by atoms with Gasteiger partial charge in [-0.2, -0.15) is 0 Å². The van der Waals surface area contributed by atoms with Crippen LogP contribution in [0.4, 0.5) is 17.6 Å². The topological polar surface area (TPSA) is 79.0 Å². The zero-order valence-corrected chi connectivity index (χ0v) is 15.3. The highest BCUT2D eigenvalue weighted by atomic mass is 19.4. The molecule has 0 saturated heterocycles. The Morgan fingerprint density at radius 2 is 1.80 bits per heavy atom. The van der Waals surface area contributed by atoms with Crippen LogP contribution >= 0.6 is 0 Å². The standard InChI is InChI=1S/C19H13F4N3O4/c1-18(11-2-4-12(5-3-11)29-19(21,22)23)9-16(26-30-18)28-13-6-7-15(20)14(8-13)17-25-24-10-27-17/h2-8,10H,9H2,1H3/t18-/m1/s1. The molecule has 30 heavy (non-hydrogen) atoms. The summed E-state index contributed by atoms with van der Waals surface area (Å²) < 4.78 is 65.4. The van der Waals surface area contributed by atoms with E-state index in [1.807, 2.05) is 0 Å². The van der Waals surface area contributed by atoms with E-state index in [1.165, 1.54) is 42.5 Å². The summed E-state index contributed by atoms with van der Waals surface area (Å²) in [4.78, 5) is 5.46. The monoisotopic (exact) mass is 423 g/mol. The maximum Gasteiger partial charge on any atom is 0.573 e. The lowest BCUT2D eigenvalue weighted by Crippen LogP contribution is -2.23. The van der Waals surface area contributed by atoms with Crippen molar-refractivity contribution in [3.8, 4) is 23.0 Å². The lowest BCUT2D eigenvalue weighted by atomic mass is 9.93. The van der Waals surface area contributed by atoms with Gasteiger partial charge in [-0.15, -0.1) is 23.4 Å². The molecule has 1 aromatic heterocycles. The molecule has 0 unspecified atom stereocenters. The van der Waals surface area contributed by atoms with Gasteiger partial charge in [-0.1, -0.05) is 17.3 Å². The minimum absolute atomic E-state index is 0.00596. The highest BCUT2D eigenvalue weighted by Crippen LogP contribution is 2.36. The molecule has 0 saturated carbocycles. The maximum atomic E-state index is 14.0. The first-order valence-corrected chi connectivity index (χ1v) is 8.57. The number of oxime groups is 1. The van der Waals surface area contributed by atoms with Gasteiger partial charge in [0.25, 0.3) is 5.89 Å². The van der Waals surface area contributed by atoms with Gasteiger partial charge in [0.1, 0.15) is 17.3 Å². The molecule has 0 radical (unpaired) electrons. The molecule has 2 aromatic carbocycles. The predicted octanol–water partition coefficient (Wildman–Crippen LogP) is 4.80. The Balaban J connectivity index is 1.46. The zero-order valence-electron chi connectivity index (χ0n) is 15.3. The van der Waals surface area contributed by atoms with Crippen LogP contribution in [0.5, 0.6) is 11.5 Å². The van der Waals surface area contributed by atoms with Crippen LogP contribution in [0, 0.1) is 5.82 Å². The van der Waals surface area contributed by atoms with Crippen LogP contribution in [-0.2, 0) is 10.4 Å². The van der Waals surface area contributed by atoms with Crippen LogP contribution in [0.15, 0.2) is 58.4 Å². The fourth-order valence-corrected chi connectivity index (χ4v) is 2.88. The number of hydrogen-bond acceptors (Lipinski definition) is 7. The number of benzene rings is 2. The lowest BCUT2D eigenvalue weighted by molar-refractivity contribution is -0.274. The zero-order chi connectivity index (χ0) is 21.4. The number of ether oxygens (including phenoxy) is 2. The molecule has 2 heterocycles. The molecule has 0 bridgehead atoms. The smallest absolute Gasteiger partial charge is 0.440 e. The fourth-order valence-electron chi connectivity index (χ4n) is 2.88. The Kier molecular flexibility index (Phi) is 4.80. The third-order valence-electron chi connectivity index (χ3n) is 4.30. The van der Waals surface area contributed by atoms with E-state index in [4.69, 9.17) is 14.0 Å². The molecule has 11 heteroatoms. The van der Waals surface area contributed by atoms with Crippen molar-refractivity contribution < 1.29 is 36.3 Å². The average Bonchev–Trinajstić information content (AvgIpc) is 3.33. The van der Waals surface area contributed by atoms with E-state index in [0.717, 1.165) is 6.39 Å². The number of nitrogens with zero attached hydrogens (tertiary/aromatic N) is 3. The number of alkyl halides is 3. The first kappa shape index (κ1) is 19.7. The van der Waals surface area contributed by atoms with Crippen molar-refractivity contribution in [3.05, 3.63) is 60.2 Å². The molecule has 0 spiro atoms. The molecular weight excluding hydrogens is 410 g/mol. The Morgan fingerprint density at radius 3 is 2.47 bits per heavy atom. The second kappa shape index (κ2) is 7.32. The summed E-state index contributed by atoms with van der Waals surface area (Å²) in [5.41, 5.74) is -0.320. The van der Waals surface area contributed by atoms with Crippen molar-refractivity contribution in [2.45, 2.75) is 25.3 Å². The van der Waals surface area contributed by atoms with Crippen LogP contribution < -0.4 is 9.47 Å². The lowest BCUT2D eigenvalue weighted by Gasteiger charge is -2.21. The summed E-state index contributed by atoms with van der Waals surface area (Å²) in [7, 11) is 0. The van der Waals surface area contributed by atoms with Gasteiger partial charge in [-0.3, -0.25) is 0 Å². The SMILES string of the molecule is C[C@]1(c2ccc(OC(F)(F)F)cc2)CC(Oc2ccc(F)c(-c3nnco3)c2)=NO1. The van der Waals surface area contributed by atoms with Gasteiger partial charge in [-0.05, 0) is 42.8 Å². The van der Waals surface area contributed by atoms with E-state index in [2.05, 4.69) is 20.1 Å². The Morgan fingerprint density at radius 1 is 1.07 bits per heavy atom. The summed E-state index contributed by atoms with van der Waals surface area (Å²) in [5.74, 6) is -0.442.